The summed E-state index contributed by atoms with van der Waals surface area (Å²) >= 11 is 6.21. The SMILES string of the molecule is Fc1ccc(C2c3[nH]c4ccc(Cl)cc4c3CCN2c2ncc(F)cn2)cc1. The van der Waals surface area contributed by atoms with Crippen molar-refractivity contribution in [2.75, 3.05) is 11.4 Å². The summed E-state index contributed by atoms with van der Waals surface area (Å²) in [6, 6.07) is 11.9. The molecule has 7 heteroatoms. The summed E-state index contributed by atoms with van der Waals surface area (Å²) in [5, 5.41) is 1.76. The zero-order chi connectivity index (χ0) is 19.3. The second kappa shape index (κ2) is 6.56. The van der Waals surface area contributed by atoms with Crippen LogP contribution >= 0.6 is 11.6 Å². The van der Waals surface area contributed by atoms with Crippen LogP contribution in [-0.2, 0) is 6.42 Å². The Hall–Kier alpha value is -2.99. The van der Waals surface area contributed by atoms with Gasteiger partial charge in [0, 0.05) is 28.2 Å². The molecule has 0 fully saturated rings. The first-order chi connectivity index (χ1) is 13.6. The third-order valence-electron chi connectivity index (χ3n) is 5.14. The van der Waals surface area contributed by atoms with E-state index >= 15 is 0 Å². The molecule has 4 aromatic rings. The van der Waals surface area contributed by atoms with Crippen LogP contribution in [0.1, 0.15) is 22.9 Å². The lowest BCUT2D eigenvalue weighted by molar-refractivity contribution is 0.594. The van der Waals surface area contributed by atoms with Gasteiger partial charge in [-0.25, -0.2) is 18.7 Å². The van der Waals surface area contributed by atoms with Crippen LogP contribution in [0.2, 0.25) is 5.02 Å². The molecule has 0 amide bonds. The second-order valence-electron chi connectivity index (χ2n) is 6.81. The Labute approximate surface area is 164 Å². The molecular weight excluding hydrogens is 382 g/mol. The van der Waals surface area contributed by atoms with Crippen molar-refractivity contribution >= 4 is 28.5 Å². The molecule has 140 valence electrons. The van der Waals surface area contributed by atoms with Crippen molar-refractivity contribution in [1.82, 2.24) is 15.0 Å². The highest BCUT2D eigenvalue weighted by atomic mass is 35.5. The molecule has 1 unspecified atom stereocenters. The van der Waals surface area contributed by atoms with Gasteiger partial charge in [-0.15, -0.1) is 0 Å². The van der Waals surface area contributed by atoms with Crippen LogP contribution in [0.15, 0.2) is 54.9 Å². The lowest BCUT2D eigenvalue weighted by Gasteiger charge is -2.36. The minimum absolute atomic E-state index is 0.249. The van der Waals surface area contributed by atoms with Crippen molar-refractivity contribution in [2.45, 2.75) is 12.5 Å². The monoisotopic (exact) mass is 396 g/mol. The number of H-pyrrole nitrogens is 1. The van der Waals surface area contributed by atoms with E-state index in [1.165, 1.54) is 17.7 Å². The highest BCUT2D eigenvalue weighted by Gasteiger charge is 2.33. The fourth-order valence-corrected chi connectivity index (χ4v) is 4.09. The standard InChI is InChI=1S/C21H15ClF2N4/c22-13-3-6-18-17(9-13)16-7-8-28(21-25-10-15(24)11-26-21)20(19(16)27-18)12-1-4-14(23)5-2-12/h1-6,9-11,20,27H,7-8H2. The average molecular weight is 397 g/mol. The van der Waals surface area contributed by atoms with Gasteiger partial charge in [-0.05, 0) is 47.9 Å². The summed E-state index contributed by atoms with van der Waals surface area (Å²) in [6.45, 7) is 0.639. The molecular formula is C21H15ClF2N4. The first-order valence-corrected chi connectivity index (χ1v) is 9.27. The number of fused-ring (bicyclic) bond motifs is 3. The minimum atomic E-state index is -0.486. The molecule has 1 atom stereocenters. The van der Waals surface area contributed by atoms with E-state index in [2.05, 4.69) is 15.0 Å². The number of anilines is 1. The van der Waals surface area contributed by atoms with E-state index in [-0.39, 0.29) is 11.9 Å². The van der Waals surface area contributed by atoms with Gasteiger partial charge >= 0.3 is 0 Å². The van der Waals surface area contributed by atoms with E-state index in [1.807, 2.05) is 23.1 Å². The zero-order valence-electron chi connectivity index (χ0n) is 14.7. The molecule has 0 bridgehead atoms. The van der Waals surface area contributed by atoms with Crippen LogP contribution in [0, 0.1) is 11.6 Å². The molecule has 2 aromatic carbocycles. The van der Waals surface area contributed by atoms with E-state index in [1.54, 1.807) is 12.1 Å². The Kier molecular flexibility index (Phi) is 4.02. The highest BCUT2D eigenvalue weighted by Crippen LogP contribution is 2.40. The van der Waals surface area contributed by atoms with Crippen LogP contribution < -0.4 is 4.90 Å². The maximum Gasteiger partial charge on any atom is 0.226 e. The Morgan fingerprint density at radius 1 is 1.00 bits per heavy atom. The van der Waals surface area contributed by atoms with Gasteiger partial charge in [0.2, 0.25) is 5.95 Å². The largest absolute Gasteiger partial charge is 0.356 e. The molecule has 3 heterocycles. The highest BCUT2D eigenvalue weighted by molar-refractivity contribution is 6.31. The predicted octanol–water partition coefficient (Wildman–Crippen LogP) is 5.04. The summed E-state index contributed by atoms with van der Waals surface area (Å²) in [7, 11) is 0. The fourth-order valence-electron chi connectivity index (χ4n) is 3.92. The number of hydrogen-bond acceptors (Lipinski definition) is 3. The van der Waals surface area contributed by atoms with Gasteiger partial charge < -0.3 is 9.88 Å². The summed E-state index contributed by atoms with van der Waals surface area (Å²) < 4.78 is 26.9. The number of nitrogens with one attached hydrogen (secondary N) is 1. The van der Waals surface area contributed by atoms with E-state index < -0.39 is 5.82 Å². The van der Waals surface area contributed by atoms with E-state index in [4.69, 9.17) is 11.6 Å². The van der Waals surface area contributed by atoms with Crippen LogP contribution in [0.5, 0.6) is 0 Å². The number of benzene rings is 2. The van der Waals surface area contributed by atoms with Crippen molar-refractivity contribution in [1.29, 1.82) is 0 Å². The van der Waals surface area contributed by atoms with Gasteiger partial charge in [0.05, 0.1) is 18.4 Å². The Morgan fingerprint density at radius 3 is 2.50 bits per heavy atom. The fraction of sp³-hybridized carbons (Fsp3) is 0.143. The molecule has 0 aliphatic carbocycles. The quantitative estimate of drug-likeness (QED) is 0.516. The van der Waals surface area contributed by atoms with Gasteiger partial charge in [-0.3, -0.25) is 0 Å². The number of halogens is 3. The maximum atomic E-state index is 13.5. The molecule has 1 aliphatic heterocycles. The lowest BCUT2D eigenvalue weighted by atomic mass is 9.92. The van der Waals surface area contributed by atoms with E-state index in [0.29, 0.717) is 17.5 Å². The number of nitrogens with zero attached hydrogens (tertiary/aromatic N) is 3. The van der Waals surface area contributed by atoms with Crippen molar-refractivity contribution in [3.05, 3.63) is 88.3 Å². The number of hydrogen-bond donors (Lipinski definition) is 1. The topological polar surface area (TPSA) is 44.8 Å². The van der Waals surface area contributed by atoms with Crippen LogP contribution in [-0.4, -0.2) is 21.5 Å². The Morgan fingerprint density at radius 2 is 1.75 bits per heavy atom. The number of rotatable bonds is 2. The minimum Gasteiger partial charge on any atom is -0.356 e. The van der Waals surface area contributed by atoms with Crippen LogP contribution in [0.3, 0.4) is 0 Å². The first kappa shape index (κ1) is 17.1. The second-order valence-corrected chi connectivity index (χ2v) is 7.24. The van der Waals surface area contributed by atoms with Gasteiger partial charge in [-0.2, -0.15) is 0 Å². The van der Waals surface area contributed by atoms with Crippen molar-refractivity contribution in [3.63, 3.8) is 0 Å². The summed E-state index contributed by atoms with van der Waals surface area (Å²) in [4.78, 5) is 13.8. The van der Waals surface area contributed by atoms with Gasteiger partial charge in [0.1, 0.15) is 5.82 Å². The molecule has 0 radical (unpaired) electrons. The van der Waals surface area contributed by atoms with Crippen molar-refractivity contribution < 1.29 is 8.78 Å². The molecule has 28 heavy (non-hydrogen) atoms. The number of aromatic nitrogens is 3. The van der Waals surface area contributed by atoms with E-state index in [0.717, 1.165) is 41.0 Å². The molecule has 4 nitrogen and oxygen atoms in total. The molecule has 0 spiro atoms. The third-order valence-corrected chi connectivity index (χ3v) is 5.37. The lowest BCUT2D eigenvalue weighted by Crippen LogP contribution is -2.37. The normalized spacial score (nSPS) is 16.4. The molecule has 0 saturated carbocycles. The Balaban J connectivity index is 1.70. The molecule has 1 aliphatic rings. The molecule has 5 rings (SSSR count). The van der Waals surface area contributed by atoms with Crippen molar-refractivity contribution in [3.8, 4) is 0 Å². The maximum absolute atomic E-state index is 13.5. The van der Waals surface area contributed by atoms with Crippen LogP contribution in [0.25, 0.3) is 10.9 Å². The first-order valence-electron chi connectivity index (χ1n) is 8.90. The average Bonchev–Trinajstić information content (AvgIpc) is 3.06. The number of aromatic amines is 1. The van der Waals surface area contributed by atoms with Crippen LogP contribution in [0.4, 0.5) is 14.7 Å². The summed E-state index contributed by atoms with van der Waals surface area (Å²) in [5.41, 5.74) is 4.05. The smallest absolute Gasteiger partial charge is 0.226 e. The van der Waals surface area contributed by atoms with Gasteiger partial charge in [-0.1, -0.05) is 23.7 Å². The summed E-state index contributed by atoms with van der Waals surface area (Å²) in [5.74, 6) is -0.356. The molecule has 1 N–H and O–H groups in total. The molecule has 0 saturated heterocycles. The Bertz CT molecular complexity index is 1160. The third kappa shape index (κ3) is 2.81. The van der Waals surface area contributed by atoms with Gasteiger partial charge in [0.25, 0.3) is 0 Å². The van der Waals surface area contributed by atoms with Crippen molar-refractivity contribution in [2.24, 2.45) is 0 Å². The van der Waals surface area contributed by atoms with E-state index in [9.17, 15) is 8.78 Å². The van der Waals surface area contributed by atoms with Gasteiger partial charge in [0.15, 0.2) is 5.82 Å². The molecule has 2 aromatic heterocycles. The summed E-state index contributed by atoms with van der Waals surface area (Å²) in [6.07, 6.45) is 3.07. The predicted molar refractivity (Wildman–Crippen MR) is 105 cm³/mol. The zero-order valence-corrected chi connectivity index (χ0v) is 15.4.